The highest BCUT2D eigenvalue weighted by Crippen LogP contribution is 2.30. The summed E-state index contributed by atoms with van der Waals surface area (Å²) in [6.07, 6.45) is 0. The van der Waals surface area contributed by atoms with Crippen LogP contribution in [0.15, 0.2) is 34.2 Å². The minimum absolute atomic E-state index is 0.0381. The summed E-state index contributed by atoms with van der Waals surface area (Å²) in [7, 11) is 0. The molecule has 0 atom stereocenters. The number of rotatable bonds is 8. The molecular formula is C22H27N3O3S2. The third-order valence-corrected chi connectivity index (χ3v) is 7.04. The molecule has 0 bridgehead atoms. The lowest BCUT2D eigenvalue weighted by atomic mass is 10.2. The summed E-state index contributed by atoms with van der Waals surface area (Å²) in [6, 6.07) is 7.39. The van der Waals surface area contributed by atoms with Crippen molar-refractivity contribution in [2.45, 2.75) is 39.8 Å². The van der Waals surface area contributed by atoms with Crippen LogP contribution < -0.4 is 10.3 Å². The van der Waals surface area contributed by atoms with Gasteiger partial charge in [-0.25, -0.2) is 4.98 Å². The smallest absolute Gasteiger partial charge is 0.267 e. The van der Waals surface area contributed by atoms with Crippen LogP contribution in [0.25, 0.3) is 15.9 Å². The van der Waals surface area contributed by atoms with Gasteiger partial charge in [-0.1, -0.05) is 11.8 Å². The molecule has 160 valence electrons. The topological polar surface area (TPSA) is 64.4 Å². The third kappa shape index (κ3) is 4.39. The van der Waals surface area contributed by atoms with Gasteiger partial charge in [-0.3, -0.25) is 14.2 Å². The first-order valence-corrected chi connectivity index (χ1v) is 11.9. The molecular weight excluding hydrogens is 418 g/mol. The first-order valence-electron chi connectivity index (χ1n) is 10.1. The van der Waals surface area contributed by atoms with Crippen LogP contribution in [0.4, 0.5) is 0 Å². The van der Waals surface area contributed by atoms with Gasteiger partial charge in [0, 0.05) is 18.0 Å². The number of carbonyl (C=O) groups is 1. The zero-order valence-electron chi connectivity index (χ0n) is 18.0. The van der Waals surface area contributed by atoms with Crippen molar-refractivity contribution >= 4 is 39.2 Å². The Labute approximate surface area is 184 Å². The Morgan fingerprint density at radius 1 is 1.17 bits per heavy atom. The van der Waals surface area contributed by atoms with Gasteiger partial charge < -0.3 is 9.64 Å². The Morgan fingerprint density at radius 2 is 1.83 bits per heavy atom. The van der Waals surface area contributed by atoms with Crippen molar-refractivity contribution < 1.29 is 9.53 Å². The molecule has 30 heavy (non-hydrogen) atoms. The van der Waals surface area contributed by atoms with Crippen molar-refractivity contribution in [2.24, 2.45) is 0 Å². The normalized spacial score (nSPS) is 11.1. The highest BCUT2D eigenvalue weighted by molar-refractivity contribution is 7.99. The maximum absolute atomic E-state index is 13.5. The van der Waals surface area contributed by atoms with Crippen LogP contribution >= 0.6 is 23.1 Å². The molecule has 3 rings (SSSR count). The number of hydrogen-bond acceptors (Lipinski definition) is 6. The number of aromatic nitrogens is 2. The largest absolute Gasteiger partial charge is 0.494 e. The molecule has 2 heterocycles. The second-order valence-electron chi connectivity index (χ2n) is 6.78. The zero-order chi connectivity index (χ0) is 21.8. The molecule has 1 aromatic carbocycles. The van der Waals surface area contributed by atoms with Gasteiger partial charge in [0.15, 0.2) is 5.16 Å². The van der Waals surface area contributed by atoms with E-state index in [-0.39, 0.29) is 17.2 Å². The van der Waals surface area contributed by atoms with Gasteiger partial charge >= 0.3 is 0 Å². The molecule has 0 aliphatic rings. The molecule has 0 N–H and O–H groups in total. The summed E-state index contributed by atoms with van der Waals surface area (Å²) < 4.78 is 7.13. The number of nitrogens with zero attached hydrogens (tertiary/aromatic N) is 3. The fourth-order valence-corrected chi connectivity index (χ4v) is 5.24. The van der Waals surface area contributed by atoms with E-state index in [1.54, 1.807) is 9.47 Å². The van der Waals surface area contributed by atoms with Crippen molar-refractivity contribution in [3.05, 3.63) is 45.1 Å². The van der Waals surface area contributed by atoms with E-state index < -0.39 is 0 Å². The summed E-state index contributed by atoms with van der Waals surface area (Å²) in [4.78, 5) is 34.4. The average Bonchev–Trinajstić information content (AvgIpc) is 3.02. The summed E-state index contributed by atoms with van der Waals surface area (Å²) >= 11 is 2.82. The number of aryl methyl sites for hydroxylation is 2. The first kappa shape index (κ1) is 22.4. The van der Waals surface area contributed by atoms with Gasteiger partial charge in [0.05, 0.1) is 23.4 Å². The monoisotopic (exact) mass is 445 g/mol. The number of hydrogen-bond donors (Lipinski definition) is 0. The van der Waals surface area contributed by atoms with Crippen molar-refractivity contribution in [3.63, 3.8) is 0 Å². The van der Waals surface area contributed by atoms with Crippen LogP contribution in [-0.2, 0) is 4.79 Å². The molecule has 0 radical (unpaired) electrons. The van der Waals surface area contributed by atoms with Gasteiger partial charge in [0.2, 0.25) is 5.91 Å². The van der Waals surface area contributed by atoms with E-state index in [2.05, 4.69) is 0 Å². The molecule has 0 unspecified atom stereocenters. The number of benzene rings is 1. The number of amides is 1. The van der Waals surface area contributed by atoms with Gasteiger partial charge in [-0.05, 0) is 64.4 Å². The van der Waals surface area contributed by atoms with Crippen LogP contribution in [0, 0.1) is 13.8 Å². The van der Waals surface area contributed by atoms with E-state index in [9.17, 15) is 9.59 Å². The van der Waals surface area contributed by atoms with Crippen molar-refractivity contribution in [2.75, 3.05) is 25.4 Å². The standard InChI is InChI=1S/C22H27N3O3S2/c1-6-24(7-2)18(26)13-29-22-23-20-19(14(4)15(5)30-20)21(27)25(22)16-9-11-17(12-10-16)28-8-3/h9-12H,6-8,13H2,1-5H3. The minimum atomic E-state index is -0.108. The quantitative estimate of drug-likeness (QED) is 0.379. The predicted octanol–water partition coefficient (Wildman–Crippen LogP) is 4.42. The number of thioether (sulfide) groups is 1. The fourth-order valence-electron chi connectivity index (χ4n) is 3.25. The number of ether oxygens (including phenoxy) is 1. The maximum Gasteiger partial charge on any atom is 0.267 e. The maximum atomic E-state index is 13.5. The van der Waals surface area contributed by atoms with Crippen LogP contribution in [0.2, 0.25) is 0 Å². The molecule has 3 aromatic rings. The molecule has 1 amide bonds. The number of carbonyl (C=O) groups excluding carboxylic acids is 1. The summed E-state index contributed by atoms with van der Waals surface area (Å²) in [5, 5.41) is 1.17. The van der Waals surface area contributed by atoms with E-state index in [1.807, 2.05) is 58.9 Å². The number of thiophene rings is 1. The minimum Gasteiger partial charge on any atom is -0.494 e. The second-order valence-corrected chi connectivity index (χ2v) is 8.93. The second kappa shape index (κ2) is 9.66. The Balaban J connectivity index is 2.09. The molecule has 0 spiro atoms. The molecule has 0 fully saturated rings. The Hall–Kier alpha value is -2.32. The average molecular weight is 446 g/mol. The van der Waals surface area contributed by atoms with E-state index in [0.717, 1.165) is 21.0 Å². The summed E-state index contributed by atoms with van der Waals surface area (Å²) in [5.41, 5.74) is 1.56. The van der Waals surface area contributed by atoms with Crippen molar-refractivity contribution in [3.8, 4) is 11.4 Å². The first-order chi connectivity index (χ1) is 14.4. The zero-order valence-corrected chi connectivity index (χ0v) is 19.7. The Bertz CT molecular complexity index is 1100. The van der Waals surface area contributed by atoms with Crippen LogP contribution in [0.3, 0.4) is 0 Å². The van der Waals surface area contributed by atoms with Crippen LogP contribution in [0.1, 0.15) is 31.2 Å². The fraction of sp³-hybridized carbons (Fsp3) is 0.409. The molecule has 6 nitrogen and oxygen atoms in total. The van der Waals surface area contributed by atoms with Gasteiger partial charge in [-0.2, -0.15) is 0 Å². The van der Waals surface area contributed by atoms with Gasteiger partial charge in [0.1, 0.15) is 10.6 Å². The lowest BCUT2D eigenvalue weighted by Crippen LogP contribution is -2.32. The van der Waals surface area contributed by atoms with Gasteiger partial charge in [0.25, 0.3) is 5.56 Å². The Morgan fingerprint density at radius 3 is 2.43 bits per heavy atom. The SMILES string of the molecule is CCOc1ccc(-n2c(SCC(=O)N(CC)CC)nc3sc(C)c(C)c3c2=O)cc1. The van der Waals surface area contributed by atoms with E-state index >= 15 is 0 Å². The molecule has 0 saturated heterocycles. The summed E-state index contributed by atoms with van der Waals surface area (Å²) in [6.45, 7) is 11.7. The third-order valence-electron chi connectivity index (χ3n) is 5.02. The van der Waals surface area contributed by atoms with Crippen LogP contribution in [0.5, 0.6) is 5.75 Å². The molecule has 2 aromatic heterocycles. The van der Waals surface area contributed by atoms with Crippen LogP contribution in [-0.4, -0.2) is 45.8 Å². The number of fused-ring (bicyclic) bond motifs is 1. The highest BCUT2D eigenvalue weighted by Gasteiger charge is 2.19. The molecule has 0 aliphatic carbocycles. The van der Waals surface area contributed by atoms with E-state index in [4.69, 9.17) is 9.72 Å². The van der Waals surface area contributed by atoms with Crippen molar-refractivity contribution in [1.29, 1.82) is 0 Å². The van der Waals surface area contributed by atoms with Gasteiger partial charge in [-0.15, -0.1) is 11.3 Å². The Kier molecular flexibility index (Phi) is 7.20. The molecule has 0 saturated carbocycles. The summed E-state index contributed by atoms with van der Waals surface area (Å²) in [5.74, 6) is 1.02. The van der Waals surface area contributed by atoms with Crippen molar-refractivity contribution in [1.82, 2.24) is 14.5 Å². The van der Waals surface area contributed by atoms with E-state index in [1.165, 1.54) is 23.1 Å². The van der Waals surface area contributed by atoms with E-state index in [0.29, 0.717) is 35.9 Å². The molecule has 8 heteroatoms. The lowest BCUT2D eigenvalue weighted by molar-refractivity contribution is -0.127. The lowest BCUT2D eigenvalue weighted by Gasteiger charge is -2.19. The predicted molar refractivity (Wildman–Crippen MR) is 125 cm³/mol. The highest BCUT2D eigenvalue weighted by atomic mass is 32.2. The molecule has 0 aliphatic heterocycles.